The van der Waals surface area contributed by atoms with E-state index in [4.69, 9.17) is 4.74 Å². The second kappa shape index (κ2) is 9.26. The molecule has 2 rings (SSSR count). The van der Waals surface area contributed by atoms with Crippen molar-refractivity contribution >= 4 is 12.0 Å². The third kappa shape index (κ3) is 6.95. The summed E-state index contributed by atoms with van der Waals surface area (Å²) in [7, 11) is 0. The van der Waals surface area contributed by atoms with Crippen molar-refractivity contribution < 1.29 is 19.4 Å². The predicted molar refractivity (Wildman–Crippen MR) is 108 cm³/mol. The van der Waals surface area contributed by atoms with Crippen LogP contribution in [0.5, 0.6) is 5.75 Å². The Morgan fingerprint density at radius 1 is 1.00 bits per heavy atom. The summed E-state index contributed by atoms with van der Waals surface area (Å²) in [4.78, 5) is 25.1. The van der Waals surface area contributed by atoms with Gasteiger partial charge < -0.3 is 20.5 Å². The van der Waals surface area contributed by atoms with Crippen molar-refractivity contribution in [1.82, 2.24) is 10.6 Å². The maximum Gasteiger partial charge on any atom is 0.408 e. The molecule has 0 aliphatic heterocycles. The molecule has 6 heteroatoms. The van der Waals surface area contributed by atoms with Crippen LogP contribution in [0.15, 0.2) is 54.6 Å². The monoisotopic (exact) mass is 384 g/mol. The van der Waals surface area contributed by atoms with Crippen LogP contribution in [0, 0.1) is 0 Å². The number of benzene rings is 2. The van der Waals surface area contributed by atoms with Gasteiger partial charge in [-0.3, -0.25) is 4.79 Å². The van der Waals surface area contributed by atoms with Crippen LogP contribution in [0.2, 0.25) is 0 Å². The summed E-state index contributed by atoms with van der Waals surface area (Å²) >= 11 is 0. The lowest BCUT2D eigenvalue weighted by Crippen LogP contribution is -2.49. The molecule has 0 aliphatic rings. The van der Waals surface area contributed by atoms with Gasteiger partial charge in [0.25, 0.3) is 0 Å². The van der Waals surface area contributed by atoms with Gasteiger partial charge >= 0.3 is 6.09 Å². The first-order valence-corrected chi connectivity index (χ1v) is 9.27. The van der Waals surface area contributed by atoms with E-state index in [1.807, 2.05) is 37.3 Å². The first-order valence-electron chi connectivity index (χ1n) is 9.27. The minimum Gasteiger partial charge on any atom is -0.508 e. The fraction of sp³-hybridized carbons (Fsp3) is 0.364. The molecule has 0 heterocycles. The van der Waals surface area contributed by atoms with Crippen LogP contribution in [-0.4, -0.2) is 28.7 Å². The van der Waals surface area contributed by atoms with Crippen molar-refractivity contribution in [3.63, 3.8) is 0 Å². The molecule has 0 unspecified atom stereocenters. The predicted octanol–water partition coefficient (Wildman–Crippen LogP) is 3.71. The lowest BCUT2D eigenvalue weighted by molar-refractivity contribution is -0.123. The summed E-state index contributed by atoms with van der Waals surface area (Å²) in [5, 5.41) is 15.0. The summed E-state index contributed by atoms with van der Waals surface area (Å²) in [6.45, 7) is 7.15. The van der Waals surface area contributed by atoms with Gasteiger partial charge in [0, 0.05) is 6.42 Å². The number of phenolic OH excluding ortho intramolecular Hbond substituents is 1. The quantitative estimate of drug-likeness (QED) is 0.709. The number of rotatable bonds is 6. The molecule has 0 spiro atoms. The molecule has 3 N–H and O–H groups in total. The van der Waals surface area contributed by atoms with E-state index in [2.05, 4.69) is 10.6 Å². The zero-order valence-electron chi connectivity index (χ0n) is 16.7. The molecule has 2 aromatic carbocycles. The number of nitrogens with one attached hydrogen (secondary N) is 2. The Morgan fingerprint density at radius 2 is 1.61 bits per heavy atom. The highest BCUT2D eigenvalue weighted by Crippen LogP contribution is 2.17. The molecule has 0 saturated heterocycles. The molecule has 0 fully saturated rings. The number of hydrogen-bond donors (Lipinski definition) is 3. The molecule has 0 aromatic heterocycles. The van der Waals surface area contributed by atoms with Gasteiger partial charge in [-0.05, 0) is 51.0 Å². The zero-order chi connectivity index (χ0) is 20.7. The highest BCUT2D eigenvalue weighted by Gasteiger charge is 2.25. The van der Waals surface area contributed by atoms with Crippen LogP contribution in [0.4, 0.5) is 4.79 Å². The van der Waals surface area contributed by atoms with E-state index in [1.54, 1.807) is 45.0 Å². The molecular weight excluding hydrogens is 356 g/mol. The molecule has 2 atom stereocenters. The Morgan fingerprint density at radius 3 is 2.18 bits per heavy atom. The summed E-state index contributed by atoms with van der Waals surface area (Å²) in [5.41, 5.74) is 1.12. The van der Waals surface area contributed by atoms with Crippen LogP contribution < -0.4 is 10.6 Å². The molecule has 2 amide bonds. The molecular formula is C22H28N2O4. The van der Waals surface area contributed by atoms with Crippen LogP contribution in [-0.2, 0) is 16.0 Å². The number of hydrogen-bond acceptors (Lipinski definition) is 4. The Balaban J connectivity index is 2.10. The Hall–Kier alpha value is -3.02. The first-order chi connectivity index (χ1) is 13.1. The molecule has 2 aromatic rings. The van der Waals surface area contributed by atoms with Gasteiger partial charge in [-0.15, -0.1) is 0 Å². The summed E-state index contributed by atoms with van der Waals surface area (Å²) in [5.74, 6) is -0.147. The molecule has 0 radical (unpaired) electrons. The topological polar surface area (TPSA) is 87.7 Å². The summed E-state index contributed by atoms with van der Waals surface area (Å²) in [6.07, 6.45) is -0.297. The van der Waals surface area contributed by atoms with Crippen LogP contribution >= 0.6 is 0 Å². The third-order valence-electron chi connectivity index (χ3n) is 4.04. The van der Waals surface area contributed by atoms with Gasteiger partial charge in [0.1, 0.15) is 17.4 Å². The van der Waals surface area contributed by atoms with Crippen LogP contribution in [0.1, 0.15) is 44.9 Å². The molecule has 28 heavy (non-hydrogen) atoms. The van der Waals surface area contributed by atoms with Crippen molar-refractivity contribution in [3.05, 3.63) is 65.7 Å². The van der Waals surface area contributed by atoms with Gasteiger partial charge in [0.05, 0.1) is 6.04 Å². The van der Waals surface area contributed by atoms with Crippen molar-refractivity contribution in [2.24, 2.45) is 0 Å². The summed E-state index contributed by atoms with van der Waals surface area (Å²) in [6, 6.07) is 15.0. The minimum absolute atomic E-state index is 0.163. The van der Waals surface area contributed by atoms with E-state index >= 15 is 0 Å². The molecule has 0 bridgehead atoms. The third-order valence-corrected chi connectivity index (χ3v) is 4.04. The van der Waals surface area contributed by atoms with Crippen molar-refractivity contribution in [2.45, 2.75) is 51.8 Å². The number of aromatic hydroxyl groups is 1. The van der Waals surface area contributed by atoms with E-state index in [1.165, 1.54) is 0 Å². The first kappa shape index (κ1) is 21.3. The highest BCUT2D eigenvalue weighted by atomic mass is 16.6. The lowest BCUT2D eigenvalue weighted by atomic mass is 10.0. The number of amides is 2. The average molecular weight is 384 g/mol. The Kier molecular flexibility index (Phi) is 7.04. The van der Waals surface area contributed by atoms with E-state index < -0.39 is 17.7 Å². The smallest absolute Gasteiger partial charge is 0.408 e. The molecule has 0 aliphatic carbocycles. The zero-order valence-corrected chi connectivity index (χ0v) is 16.7. The fourth-order valence-corrected chi connectivity index (χ4v) is 2.67. The normalized spacial score (nSPS) is 13.3. The molecule has 6 nitrogen and oxygen atoms in total. The maximum atomic E-state index is 12.9. The van der Waals surface area contributed by atoms with E-state index in [9.17, 15) is 14.7 Å². The fourth-order valence-electron chi connectivity index (χ4n) is 2.67. The molecule has 150 valence electrons. The number of carbonyl (C=O) groups is 2. The lowest BCUT2D eigenvalue weighted by Gasteiger charge is -2.24. The SMILES string of the molecule is C[C@@H](NC(=O)[C@@H](Cc1ccccc1)NC(=O)OC(C)(C)C)c1ccc(O)cc1. The van der Waals surface area contributed by atoms with Crippen LogP contribution in [0.3, 0.4) is 0 Å². The Bertz CT molecular complexity index is 782. The number of carbonyl (C=O) groups excluding carboxylic acids is 2. The summed E-state index contributed by atoms with van der Waals surface area (Å²) < 4.78 is 5.30. The van der Waals surface area contributed by atoms with Gasteiger partial charge in [0.2, 0.25) is 5.91 Å². The average Bonchev–Trinajstić information content (AvgIpc) is 2.61. The highest BCUT2D eigenvalue weighted by molar-refractivity contribution is 5.86. The van der Waals surface area contributed by atoms with E-state index in [0.29, 0.717) is 6.42 Å². The Labute approximate surface area is 165 Å². The number of ether oxygens (including phenoxy) is 1. The van der Waals surface area contributed by atoms with Gasteiger partial charge in [0.15, 0.2) is 0 Å². The van der Waals surface area contributed by atoms with Gasteiger partial charge in [-0.1, -0.05) is 42.5 Å². The minimum atomic E-state index is -0.781. The van der Waals surface area contributed by atoms with Gasteiger partial charge in [-0.2, -0.15) is 0 Å². The van der Waals surface area contributed by atoms with E-state index in [-0.39, 0.29) is 17.7 Å². The van der Waals surface area contributed by atoms with Crippen molar-refractivity contribution in [2.75, 3.05) is 0 Å². The standard InChI is InChI=1S/C22H28N2O4/c1-15(17-10-12-18(25)13-11-17)23-20(26)19(14-16-8-6-5-7-9-16)24-21(27)28-22(2,3)4/h5-13,15,19,25H,14H2,1-4H3,(H,23,26)(H,24,27)/t15-,19-/m1/s1. The second-order valence-electron chi connectivity index (χ2n) is 7.71. The molecule has 0 saturated carbocycles. The van der Waals surface area contributed by atoms with Crippen molar-refractivity contribution in [1.29, 1.82) is 0 Å². The number of alkyl carbamates (subject to hydrolysis) is 1. The number of phenols is 1. The van der Waals surface area contributed by atoms with Gasteiger partial charge in [-0.25, -0.2) is 4.79 Å². The van der Waals surface area contributed by atoms with E-state index in [0.717, 1.165) is 11.1 Å². The van der Waals surface area contributed by atoms with Crippen molar-refractivity contribution in [3.8, 4) is 5.75 Å². The second-order valence-corrected chi connectivity index (χ2v) is 7.71. The largest absolute Gasteiger partial charge is 0.508 e. The maximum absolute atomic E-state index is 12.9. The van der Waals surface area contributed by atoms with Crippen LogP contribution in [0.25, 0.3) is 0 Å².